The van der Waals surface area contributed by atoms with E-state index in [1.807, 2.05) is 45.9 Å². The molecule has 2 aromatic heterocycles. The number of furan rings is 1. The van der Waals surface area contributed by atoms with Crippen LogP contribution in [0.5, 0.6) is 0 Å². The zero-order chi connectivity index (χ0) is 24.0. The van der Waals surface area contributed by atoms with Crippen molar-refractivity contribution in [2.45, 2.75) is 52.6 Å². The van der Waals surface area contributed by atoms with Gasteiger partial charge in [0.1, 0.15) is 23.5 Å². The molecule has 0 aliphatic rings. The molecule has 0 spiro atoms. The van der Waals surface area contributed by atoms with Gasteiger partial charge in [-0.05, 0) is 35.7 Å². The maximum absolute atomic E-state index is 12.6. The summed E-state index contributed by atoms with van der Waals surface area (Å²) in [4.78, 5) is 33.1. The summed E-state index contributed by atoms with van der Waals surface area (Å²) in [6.45, 7) is 8.70. The van der Waals surface area contributed by atoms with Crippen molar-refractivity contribution in [3.05, 3.63) is 82.3 Å². The van der Waals surface area contributed by atoms with E-state index in [0.717, 1.165) is 28.9 Å². The van der Waals surface area contributed by atoms with Crippen LogP contribution >= 0.6 is 0 Å². The number of carbonyl (C=O) groups is 2. The first-order chi connectivity index (χ1) is 15.7. The third-order valence-electron chi connectivity index (χ3n) is 5.13. The molecular weight excluding hydrogens is 418 g/mol. The van der Waals surface area contributed by atoms with E-state index in [-0.39, 0.29) is 29.9 Å². The van der Waals surface area contributed by atoms with Crippen LogP contribution in [-0.2, 0) is 24.9 Å². The Morgan fingerprint density at radius 2 is 1.67 bits per heavy atom. The molecule has 0 saturated carbocycles. The molecule has 0 atom stereocenters. The highest BCUT2D eigenvalue weighted by molar-refractivity contribution is 5.97. The fourth-order valence-corrected chi connectivity index (χ4v) is 3.20. The Labute approximate surface area is 193 Å². The maximum Gasteiger partial charge on any atom is 0.270 e. The molecule has 170 valence electrons. The van der Waals surface area contributed by atoms with Gasteiger partial charge in [0.05, 0.1) is 17.9 Å². The second-order valence-electron chi connectivity index (χ2n) is 8.67. The Hall–Kier alpha value is -3.99. The zero-order valence-electron chi connectivity index (χ0n) is 19.2. The molecule has 2 amide bonds. The first-order valence-corrected chi connectivity index (χ1v) is 10.7. The van der Waals surface area contributed by atoms with Crippen molar-refractivity contribution in [3.63, 3.8) is 0 Å². The number of benzene rings is 1. The third kappa shape index (κ3) is 6.04. The Bertz CT molecular complexity index is 1200. The summed E-state index contributed by atoms with van der Waals surface area (Å²) in [5.41, 5.74) is 3.42. The van der Waals surface area contributed by atoms with E-state index in [1.165, 1.54) is 12.4 Å². The highest BCUT2D eigenvalue weighted by Gasteiger charge is 2.19. The van der Waals surface area contributed by atoms with E-state index in [9.17, 15) is 9.59 Å². The number of hydrogen-bond acceptors (Lipinski definition) is 6. The summed E-state index contributed by atoms with van der Waals surface area (Å²) >= 11 is 0. The number of aromatic nitrogens is 2. The standard InChI is InChI=1S/C25H27N5O3/c1-5-18-8-16(11-26)6-7-19(18)13-28-24(32)21-10-20(29-15-30-21)23(31)27-12-17-9-22(33-14-17)25(2,3)4/h6-10,14-15H,5,12-13H2,1-4H3,(H,27,31)(H,28,32). The van der Waals surface area contributed by atoms with Crippen molar-refractivity contribution in [2.75, 3.05) is 0 Å². The van der Waals surface area contributed by atoms with Crippen molar-refractivity contribution in [1.29, 1.82) is 5.26 Å². The van der Waals surface area contributed by atoms with Crippen LogP contribution in [0.1, 0.15) is 76.7 Å². The number of amides is 2. The van der Waals surface area contributed by atoms with Crippen molar-refractivity contribution in [3.8, 4) is 6.07 Å². The molecule has 3 aromatic rings. The molecule has 2 heterocycles. The minimum atomic E-state index is -0.414. The molecule has 3 rings (SSSR count). The first kappa shape index (κ1) is 23.7. The lowest BCUT2D eigenvalue weighted by Crippen LogP contribution is -2.27. The summed E-state index contributed by atoms with van der Waals surface area (Å²) in [6, 6.07) is 10.8. The minimum Gasteiger partial charge on any atom is -0.468 e. The molecule has 2 N–H and O–H groups in total. The Kier molecular flexibility index (Phi) is 7.23. The van der Waals surface area contributed by atoms with E-state index in [4.69, 9.17) is 9.68 Å². The predicted molar refractivity (Wildman–Crippen MR) is 122 cm³/mol. The summed E-state index contributed by atoms with van der Waals surface area (Å²) in [5.74, 6) is 0.00840. The average molecular weight is 446 g/mol. The van der Waals surface area contributed by atoms with Crippen LogP contribution in [0.2, 0.25) is 0 Å². The summed E-state index contributed by atoms with van der Waals surface area (Å²) in [6.07, 6.45) is 3.55. The van der Waals surface area contributed by atoms with Crippen LogP contribution in [0, 0.1) is 11.3 Å². The predicted octanol–water partition coefficient (Wildman–Crippen LogP) is 3.66. The number of nitrogens with zero attached hydrogens (tertiary/aromatic N) is 3. The average Bonchev–Trinajstić information content (AvgIpc) is 3.30. The van der Waals surface area contributed by atoms with Crippen molar-refractivity contribution in [1.82, 2.24) is 20.6 Å². The lowest BCUT2D eigenvalue weighted by Gasteiger charge is -2.13. The van der Waals surface area contributed by atoms with Crippen LogP contribution in [-0.4, -0.2) is 21.8 Å². The molecule has 8 nitrogen and oxygen atoms in total. The molecule has 0 saturated heterocycles. The van der Waals surface area contributed by atoms with Crippen molar-refractivity contribution >= 4 is 11.8 Å². The number of hydrogen-bond donors (Lipinski definition) is 2. The molecule has 1 aromatic carbocycles. The van der Waals surface area contributed by atoms with Gasteiger partial charge < -0.3 is 15.1 Å². The topological polar surface area (TPSA) is 121 Å². The quantitative estimate of drug-likeness (QED) is 0.572. The third-order valence-corrected chi connectivity index (χ3v) is 5.13. The van der Waals surface area contributed by atoms with Gasteiger partial charge in [-0.25, -0.2) is 9.97 Å². The van der Waals surface area contributed by atoms with Gasteiger partial charge in [-0.2, -0.15) is 5.26 Å². The lowest BCUT2D eigenvalue weighted by molar-refractivity contribution is 0.0944. The van der Waals surface area contributed by atoms with Gasteiger partial charge in [-0.1, -0.05) is 33.8 Å². The van der Waals surface area contributed by atoms with E-state index < -0.39 is 11.8 Å². The first-order valence-electron chi connectivity index (χ1n) is 10.7. The van der Waals surface area contributed by atoms with E-state index in [1.54, 1.807) is 12.3 Å². The van der Waals surface area contributed by atoms with Crippen molar-refractivity contribution in [2.24, 2.45) is 0 Å². The monoisotopic (exact) mass is 445 g/mol. The smallest absolute Gasteiger partial charge is 0.270 e. The molecule has 0 aliphatic heterocycles. The number of carbonyl (C=O) groups excluding carboxylic acids is 2. The second kappa shape index (κ2) is 10.1. The number of nitrogens with one attached hydrogen (secondary N) is 2. The fourth-order valence-electron chi connectivity index (χ4n) is 3.20. The minimum absolute atomic E-state index is 0.0974. The van der Waals surface area contributed by atoms with Gasteiger partial charge in [0, 0.05) is 30.1 Å². The van der Waals surface area contributed by atoms with Gasteiger partial charge in [0.2, 0.25) is 0 Å². The number of rotatable bonds is 7. The Morgan fingerprint density at radius 1 is 1.00 bits per heavy atom. The summed E-state index contributed by atoms with van der Waals surface area (Å²) in [5, 5.41) is 14.6. The lowest BCUT2D eigenvalue weighted by atomic mass is 9.93. The molecule has 8 heteroatoms. The van der Waals surface area contributed by atoms with Gasteiger partial charge in [-0.15, -0.1) is 0 Å². The highest BCUT2D eigenvalue weighted by atomic mass is 16.3. The van der Waals surface area contributed by atoms with E-state index in [2.05, 4.69) is 26.7 Å². The molecule has 0 radical (unpaired) electrons. The number of nitriles is 1. The van der Waals surface area contributed by atoms with Crippen LogP contribution in [0.3, 0.4) is 0 Å². The van der Waals surface area contributed by atoms with Gasteiger partial charge >= 0.3 is 0 Å². The largest absolute Gasteiger partial charge is 0.468 e. The van der Waals surface area contributed by atoms with Gasteiger partial charge in [0.25, 0.3) is 11.8 Å². The van der Waals surface area contributed by atoms with Crippen LogP contribution in [0.25, 0.3) is 0 Å². The van der Waals surface area contributed by atoms with Gasteiger partial charge in [-0.3, -0.25) is 9.59 Å². The van der Waals surface area contributed by atoms with Crippen molar-refractivity contribution < 1.29 is 14.0 Å². The molecule has 0 fully saturated rings. The summed E-state index contributed by atoms with van der Waals surface area (Å²) < 4.78 is 5.56. The molecule has 33 heavy (non-hydrogen) atoms. The summed E-state index contributed by atoms with van der Waals surface area (Å²) in [7, 11) is 0. The molecule has 0 unspecified atom stereocenters. The molecule has 0 aliphatic carbocycles. The molecule has 0 bridgehead atoms. The van der Waals surface area contributed by atoms with Gasteiger partial charge in [0.15, 0.2) is 0 Å². The van der Waals surface area contributed by atoms with E-state index in [0.29, 0.717) is 5.56 Å². The zero-order valence-corrected chi connectivity index (χ0v) is 19.2. The number of aryl methyl sites for hydroxylation is 1. The van der Waals surface area contributed by atoms with Crippen LogP contribution in [0.15, 0.2) is 47.3 Å². The van der Waals surface area contributed by atoms with E-state index >= 15 is 0 Å². The van der Waals surface area contributed by atoms with Crippen LogP contribution in [0.4, 0.5) is 0 Å². The Morgan fingerprint density at radius 3 is 2.24 bits per heavy atom. The normalized spacial score (nSPS) is 11.0. The maximum atomic E-state index is 12.6. The second-order valence-corrected chi connectivity index (χ2v) is 8.67. The highest BCUT2D eigenvalue weighted by Crippen LogP contribution is 2.24. The SMILES string of the molecule is CCc1cc(C#N)ccc1CNC(=O)c1cc(C(=O)NCc2coc(C(C)(C)C)c2)ncn1. The Balaban J connectivity index is 1.61. The fraction of sp³-hybridized carbons (Fsp3) is 0.320. The van der Waals surface area contributed by atoms with Crippen LogP contribution < -0.4 is 10.6 Å². The molecular formula is C25H27N5O3.